The Morgan fingerprint density at radius 3 is 1.52 bits per heavy atom. The molecule has 0 aromatic heterocycles. The summed E-state index contributed by atoms with van der Waals surface area (Å²) in [7, 11) is 0. The van der Waals surface area contributed by atoms with Crippen LogP contribution in [0.5, 0.6) is 0 Å². The van der Waals surface area contributed by atoms with Gasteiger partial charge in [-0.15, -0.1) is 0 Å². The van der Waals surface area contributed by atoms with Crippen LogP contribution in [0, 0.1) is 0 Å². The maximum absolute atomic E-state index is 9.76. The third-order valence-corrected chi connectivity index (χ3v) is 4.86. The minimum Gasteiger partial charge on any atom is -0.389 e. The summed E-state index contributed by atoms with van der Waals surface area (Å²) in [5, 5.41) is 18.0. The number of unbranched alkanes of at least 4 members (excludes halogenated alkanes) is 11. The molecule has 0 heterocycles. The van der Waals surface area contributed by atoms with Crippen molar-refractivity contribution in [3.05, 3.63) is 0 Å². The molecule has 0 aliphatic carbocycles. The van der Waals surface area contributed by atoms with E-state index in [-0.39, 0.29) is 0 Å². The minimum absolute atomic E-state index is 0.383. The Balaban J connectivity index is 3.23. The fourth-order valence-corrected chi connectivity index (χ4v) is 2.74. The zero-order valence-electron chi connectivity index (χ0n) is 14.2. The molecule has 0 fully saturated rings. The lowest BCUT2D eigenvalue weighted by atomic mass is 10.0. The Morgan fingerprint density at radius 1 is 0.762 bits per heavy atom. The van der Waals surface area contributed by atoms with Crippen molar-refractivity contribution in [2.45, 2.75) is 115 Å². The van der Waals surface area contributed by atoms with E-state index in [1.54, 1.807) is 6.92 Å². The molecule has 0 aromatic carbocycles. The molecule has 0 saturated heterocycles. The first-order chi connectivity index (χ1) is 10.0. The van der Waals surface area contributed by atoms with Gasteiger partial charge >= 0.3 is 0 Å². The highest BCUT2D eigenvalue weighted by Crippen LogP contribution is 2.24. The smallest absolute Gasteiger partial charge is 0.164 e. The van der Waals surface area contributed by atoms with Crippen molar-refractivity contribution >= 4 is 11.6 Å². The first-order valence-electron chi connectivity index (χ1n) is 9.14. The van der Waals surface area contributed by atoms with Crippen LogP contribution in [0.3, 0.4) is 0 Å². The number of hydrogen-bond acceptors (Lipinski definition) is 2. The van der Waals surface area contributed by atoms with Crippen LogP contribution < -0.4 is 0 Å². The molecule has 0 spiro atoms. The van der Waals surface area contributed by atoms with Gasteiger partial charge in [-0.1, -0.05) is 102 Å². The molecule has 0 radical (unpaired) electrons. The zero-order chi connectivity index (χ0) is 16.0. The van der Waals surface area contributed by atoms with E-state index in [9.17, 15) is 10.2 Å². The summed E-state index contributed by atoms with van der Waals surface area (Å²) in [5.74, 6) is 0. The maximum atomic E-state index is 9.76. The molecule has 0 aromatic rings. The second kappa shape index (κ2) is 13.8. The predicted octanol–water partition coefficient (Wildman–Crippen LogP) is 5.78. The number of rotatable bonds is 15. The molecule has 0 saturated carbocycles. The first kappa shape index (κ1) is 21.2. The Morgan fingerprint density at radius 2 is 1.14 bits per heavy atom. The Hall–Kier alpha value is 0.210. The molecule has 0 aliphatic heterocycles. The van der Waals surface area contributed by atoms with E-state index in [2.05, 4.69) is 6.92 Å². The molecule has 0 aliphatic rings. The first-order valence-corrected chi connectivity index (χ1v) is 9.51. The molecule has 21 heavy (non-hydrogen) atoms. The van der Waals surface area contributed by atoms with Crippen LogP contribution >= 0.6 is 11.6 Å². The van der Waals surface area contributed by atoms with Gasteiger partial charge in [0.05, 0.1) is 6.10 Å². The normalized spacial score (nSPS) is 15.9. The number of halogens is 1. The molecule has 2 N–H and O–H groups in total. The van der Waals surface area contributed by atoms with Crippen molar-refractivity contribution in [1.82, 2.24) is 0 Å². The Bertz CT molecular complexity index is 219. The lowest BCUT2D eigenvalue weighted by Crippen LogP contribution is -2.35. The molecule has 2 atom stereocenters. The van der Waals surface area contributed by atoms with E-state index < -0.39 is 11.2 Å². The maximum Gasteiger partial charge on any atom is 0.164 e. The van der Waals surface area contributed by atoms with Gasteiger partial charge in [0.2, 0.25) is 0 Å². The number of aliphatic hydroxyl groups is 2. The topological polar surface area (TPSA) is 40.5 Å². The minimum atomic E-state index is -1.43. The predicted molar refractivity (Wildman–Crippen MR) is 92.8 cm³/mol. The van der Waals surface area contributed by atoms with E-state index >= 15 is 0 Å². The van der Waals surface area contributed by atoms with Gasteiger partial charge in [0, 0.05) is 0 Å². The third kappa shape index (κ3) is 12.4. The molecule has 128 valence electrons. The summed E-state index contributed by atoms with van der Waals surface area (Å²) in [6, 6.07) is 0. The van der Waals surface area contributed by atoms with Crippen molar-refractivity contribution in [1.29, 1.82) is 0 Å². The summed E-state index contributed by atoms with van der Waals surface area (Å²) < 4.78 is 0. The lowest BCUT2D eigenvalue weighted by molar-refractivity contribution is -0.0205. The zero-order valence-corrected chi connectivity index (χ0v) is 15.0. The van der Waals surface area contributed by atoms with Crippen molar-refractivity contribution in [2.24, 2.45) is 0 Å². The Labute approximate surface area is 137 Å². The number of alkyl halides is 1. The van der Waals surface area contributed by atoms with Gasteiger partial charge in [0.1, 0.15) is 0 Å². The van der Waals surface area contributed by atoms with Crippen LogP contribution in [0.2, 0.25) is 0 Å². The van der Waals surface area contributed by atoms with Crippen LogP contribution in [0.25, 0.3) is 0 Å². The Kier molecular flexibility index (Phi) is 14.0. The van der Waals surface area contributed by atoms with Crippen molar-refractivity contribution in [2.75, 3.05) is 0 Å². The number of aliphatic hydroxyl groups excluding tert-OH is 1. The van der Waals surface area contributed by atoms with Gasteiger partial charge in [-0.2, -0.15) is 0 Å². The standard InChI is InChI=1S/C18H37ClO2/c1-3-5-6-7-8-9-10-11-12-13-14-15-16-17(20)18(19,21)4-2/h17,20-21H,3-16H2,1-2H3. The largest absolute Gasteiger partial charge is 0.389 e. The van der Waals surface area contributed by atoms with Crippen LogP contribution in [0.15, 0.2) is 0 Å². The molecule has 3 heteroatoms. The molecule has 2 unspecified atom stereocenters. The van der Waals surface area contributed by atoms with Crippen LogP contribution in [0.4, 0.5) is 0 Å². The summed E-state index contributed by atoms with van der Waals surface area (Å²) in [4.78, 5) is 0. The third-order valence-electron chi connectivity index (χ3n) is 4.34. The molecule has 0 rings (SSSR count). The molecular weight excluding hydrogens is 284 g/mol. The molecule has 0 amide bonds. The molecule has 0 bridgehead atoms. The van der Waals surface area contributed by atoms with E-state index in [1.807, 2.05) is 0 Å². The highest BCUT2D eigenvalue weighted by Gasteiger charge is 2.30. The lowest BCUT2D eigenvalue weighted by Gasteiger charge is -2.25. The van der Waals surface area contributed by atoms with E-state index in [0.717, 1.165) is 12.8 Å². The SMILES string of the molecule is CCCCCCCCCCCCCCC(O)C(O)(Cl)CC. The molecule has 2 nitrogen and oxygen atoms in total. The van der Waals surface area contributed by atoms with Crippen LogP contribution in [-0.2, 0) is 0 Å². The highest BCUT2D eigenvalue weighted by molar-refractivity contribution is 6.23. The monoisotopic (exact) mass is 320 g/mol. The van der Waals surface area contributed by atoms with Crippen molar-refractivity contribution in [3.63, 3.8) is 0 Å². The fraction of sp³-hybridized carbons (Fsp3) is 1.00. The van der Waals surface area contributed by atoms with Gasteiger partial charge in [-0.25, -0.2) is 0 Å². The van der Waals surface area contributed by atoms with Gasteiger partial charge in [0.15, 0.2) is 5.06 Å². The average Bonchev–Trinajstić information content (AvgIpc) is 2.48. The summed E-state index contributed by atoms with van der Waals surface area (Å²) in [6.07, 6.45) is 15.8. The second-order valence-electron chi connectivity index (χ2n) is 6.37. The van der Waals surface area contributed by atoms with Crippen molar-refractivity contribution in [3.8, 4) is 0 Å². The fourth-order valence-electron chi connectivity index (χ4n) is 2.64. The van der Waals surface area contributed by atoms with Crippen LogP contribution in [-0.4, -0.2) is 21.4 Å². The number of hydrogen-bond donors (Lipinski definition) is 2. The van der Waals surface area contributed by atoms with E-state index in [0.29, 0.717) is 12.8 Å². The average molecular weight is 321 g/mol. The van der Waals surface area contributed by atoms with E-state index in [4.69, 9.17) is 11.6 Å². The summed E-state index contributed by atoms with van der Waals surface area (Å²) in [6.45, 7) is 4.05. The van der Waals surface area contributed by atoms with Gasteiger partial charge in [-0.05, 0) is 12.8 Å². The van der Waals surface area contributed by atoms with Gasteiger partial charge in [0.25, 0.3) is 0 Å². The quantitative estimate of drug-likeness (QED) is 0.297. The van der Waals surface area contributed by atoms with Crippen LogP contribution in [0.1, 0.15) is 104 Å². The van der Waals surface area contributed by atoms with E-state index in [1.165, 1.54) is 64.2 Å². The second-order valence-corrected chi connectivity index (χ2v) is 7.02. The van der Waals surface area contributed by atoms with Gasteiger partial charge < -0.3 is 10.2 Å². The molecular formula is C18H37ClO2. The van der Waals surface area contributed by atoms with Crippen molar-refractivity contribution < 1.29 is 10.2 Å². The van der Waals surface area contributed by atoms with Gasteiger partial charge in [-0.3, -0.25) is 0 Å². The summed E-state index contributed by atoms with van der Waals surface area (Å²) >= 11 is 5.82. The summed E-state index contributed by atoms with van der Waals surface area (Å²) in [5.41, 5.74) is 0. The highest BCUT2D eigenvalue weighted by atomic mass is 35.5.